The lowest BCUT2D eigenvalue weighted by Gasteiger charge is -2.12. The average molecular weight is 266 g/mol. The fourth-order valence-electron chi connectivity index (χ4n) is 1.22. The zero-order valence-electron chi connectivity index (χ0n) is 10.2. The number of thiophene rings is 1. The predicted octanol–water partition coefficient (Wildman–Crippen LogP) is 2.29. The van der Waals surface area contributed by atoms with Crippen LogP contribution in [0.15, 0.2) is 11.4 Å². The van der Waals surface area contributed by atoms with E-state index in [0.29, 0.717) is 23.4 Å². The summed E-state index contributed by atoms with van der Waals surface area (Å²) in [6.07, 6.45) is 0.106. The number of carbonyl (C=O) groups excluding carboxylic acids is 2. The van der Waals surface area contributed by atoms with Crippen molar-refractivity contribution in [3.05, 3.63) is 17.0 Å². The predicted molar refractivity (Wildman–Crippen MR) is 68.1 cm³/mol. The highest BCUT2D eigenvalue weighted by Gasteiger charge is 2.18. The Kier molecular flexibility index (Phi) is 5.33. The third kappa shape index (κ3) is 3.86. The standard InChI is InChI=1S/C12H14N2O3S/c1-3-4-10(15)17-8(2)11(16)14-12-9(7-13)5-6-18-12/h5-6,8H,3-4H2,1-2H3,(H,14,16). The van der Waals surface area contributed by atoms with E-state index >= 15 is 0 Å². The van der Waals surface area contributed by atoms with E-state index in [1.807, 2.05) is 13.0 Å². The number of hydrogen-bond acceptors (Lipinski definition) is 5. The van der Waals surface area contributed by atoms with Gasteiger partial charge in [-0.3, -0.25) is 9.59 Å². The Morgan fingerprint density at radius 2 is 2.33 bits per heavy atom. The Balaban J connectivity index is 2.55. The fourth-order valence-corrected chi connectivity index (χ4v) is 1.96. The van der Waals surface area contributed by atoms with Gasteiger partial charge in [-0.05, 0) is 24.8 Å². The lowest BCUT2D eigenvalue weighted by molar-refractivity contribution is -0.153. The number of amides is 1. The van der Waals surface area contributed by atoms with Gasteiger partial charge in [0, 0.05) is 6.42 Å². The first-order valence-electron chi connectivity index (χ1n) is 5.56. The molecule has 96 valence electrons. The summed E-state index contributed by atoms with van der Waals surface area (Å²) in [5, 5.41) is 13.5. The number of anilines is 1. The molecule has 1 atom stereocenters. The molecule has 1 rings (SSSR count). The van der Waals surface area contributed by atoms with Crippen molar-refractivity contribution in [3.63, 3.8) is 0 Å². The molecule has 1 heterocycles. The van der Waals surface area contributed by atoms with E-state index in [2.05, 4.69) is 5.32 Å². The van der Waals surface area contributed by atoms with Crippen molar-refractivity contribution in [2.45, 2.75) is 32.8 Å². The molecule has 0 aliphatic carbocycles. The first-order valence-corrected chi connectivity index (χ1v) is 6.44. The molecule has 0 radical (unpaired) electrons. The van der Waals surface area contributed by atoms with E-state index in [1.165, 1.54) is 18.3 Å². The molecular formula is C12H14N2O3S. The number of rotatable bonds is 5. The molecule has 0 aliphatic rings. The highest BCUT2D eigenvalue weighted by molar-refractivity contribution is 7.14. The Morgan fingerprint density at radius 1 is 1.61 bits per heavy atom. The minimum absolute atomic E-state index is 0.292. The van der Waals surface area contributed by atoms with Crippen molar-refractivity contribution in [1.29, 1.82) is 5.26 Å². The van der Waals surface area contributed by atoms with Gasteiger partial charge in [-0.2, -0.15) is 5.26 Å². The lowest BCUT2D eigenvalue weighted by Crippen LogP contribution is -2.29. The van der Waals surface area contributed by atoms with Gasteiger partial charge in [0.25, 0.3) is 5.91 Å². The molecule has 0 bridgehead atoms. The van der Waals surface area contributed by atoms with Crippen molar-refractivity contribution in [2.75, 3.05) is 5.32 Å². The van der Waals surface area contributed by atoms with Gasteiger partial charge in [-0.15, -0.1) is 11.3 Å². The minimum Gasteiger partial charge on any atom is -0.453 e. The Morgan fingerprint density at radius 3 is 2.94 bits per heavy atom. The maximum atomic E-state index is 11.7. The van der Waals surface area contributed by atoms with Crippen LogP contribution in [0.5, 0.6) is 0 Å². The highest BCUT2D eigenvalue weighted by Crippen LogP contribution is 2.22. The van der Waals surface area contributed by atoms with Crippen molar-refractivity contribution in [2.24, 2.45) is 0 Å². The SMILES string of the molecule is CCCC(=O)OC(C)C(=O)Nc1sccc1C#N. The number of ether oxygens (including phenoxy) is 1. The first kappa shape index (κ1) is 14.2. The van der Waals surface area contributed by atoms with Gasteiger partial charge in [-0.25, -0.2) is 0 Å². The zero-order chi connectivity index (χ0) is 13.5. The number of esters is 1. The van der Waals surface area contributed by atoms with Crippen molar-refractivity contribution >= 4 is 28.2 Å². The van der Waals surface area contributed by atoms with Gasteiger partial charge >= 0.3 is 5.97 Å². The van der Waals surface area contributed by atoms with Crippen molar-refractivity contribution in [1.82, 2.24) is 0 Å². The van der Waals surface area contributed by atoms with Crippen LogP contribution in [0.4, 0.5) is 5.00 Å². The third-order valence-corrected chi connectivity index (χ3v) is 2.98. The van der Waals surface area contributed by atoms with Crippen LogP contribution in [0.2, 0.25) is 0 Å². The van der Waals surface area contributed by atoms with Crippen LogP contribution in [0.25, 0.3) is 0 Å². The van der Waals surface area contributed by atoms with Gasteiger partial charge in [-0.1, -0.05) is 6.92 Å². The molecule has 0 fully saturated rings. The summed E-state index contributed by atoms with van der Waals surface area (Å²) < 4.78 is 4.95. The average Bonchev–Trinajstić information content (AvgIpc) is 2.76. The second kappa shape index (κ2) is 6.77. The molecule has 1 N–H and O–H groups in total. The molecule has 1 unspecified atom stereocenters. The minimum atomic E-state index is -0.863. The molecule has 0 aromatic carbocycles. The van der Waals surface area contributed by atoms with Crippen LogP contribution in [-0.2, 0) is 14.3 Å². The number of nitriles is 1. The second-order valence-corrected chi connectivity index (χ2v) is 4.56. The summed E-state index contributed by atoms with van der Waals surface area (Å²) >= 11 is 1.25. The normalized spacial score (nSPS) is 11.4. The van der Waals surface area contributed by atoms with Gasteiger partial charge < -0.3 is 10.1 Å². The Labute approximate surface area is 109 Å². The summed E-state index contributed by atoms with van der Waals surface area (Å²) in [7, 11) is 0. The van der Waals surface area contributed by atoms with E-state index in [1.54, 1.807) is 11.4 Å². The van der Waals surface area contributed by atoms with Crippen LogP contribution >= 0.6 is 11.3 Å². The summed E-state index contributed by atoms with van der Waals surface area (Å²) in [5.41, 5.74) is 0.403. The van der Waals surface area contributed by atoms with Crippen LogP contribution < -0.4 is 5.32 Å². The summed E-state index contributed by atoms with van der Waals surface area (Å²) in [6.45, 7) is 3.36. The Bertz CT molecular complexity index is 476. The lowest BCUT2D eigenvalue weighted by atomic mass is 10.3. The van der Waals surface area contributed by atoms with Crippen molar-refractivity contribution in [3.8, 4) is 6.07 Å². The topological polar surface area (TPSA) is 79.2 Å². The molecule has 1 aromatic heterocycles. The van der Waals surface area contributed by atoms with E-state index < -0.39 is 18.0 Å². The van der Waals surface area contributed by atoms with E-state index in [0.717, 1.165) is 0 Å². The number of nitrogens with zero attached hydrogens (tertiary/aromatic N) is 1. The molecule has 6 heteroatoms. The Hall–Kier alpha value is -1.87. The van der Waals surface area contributed by atoms with Gasteiger partial charge in [0.15, 0.2) is 6.10 Å². The summed E-state index contributed by atoms with van der Waals surface area (Å²) in [4.78, 5) is 23.0. The van der Waals surface area contributed by atoms with Gasteiger partial charge in [0.2, 0.25) is 0 Å². The molecule has 0 aliphatic heterocycles. The number of nitrogens with one attached hydrogen (secondary N) is 1. The molecule has 0 spiro atoms. The number of hydrogen-bond donors (Lipinski definition) is 1. The molecule has 0 saturated heterocycles. The van der Waals surface area contributed by atoms with Crippen LogP contribution in [0.1, 0.15) is 32.3 Å². The number of carbonyl (C=O) groups is 2. The van der Waals surface area contributed by atoms with Crippen molar-refractivity contribution < 1.29 is 14.3 Å². The smallest absolute Gasteiger partial charge is 0.306 e. The van der Waals surface area contributed by atoms with Crippen LogP contribution in [-0.4, -0.2) is 18.0 Å². The van der Waals surface area contributed by atoms with E-state index in [9.17, 15) is 9.59 Å². The third-order valence-electron chi connectivity index (χ3n) is 2.15. The highest BCUT2D eigenvalue weighted by atomic mass is 32.1. The quantitative estimate of drug-likeness (QED) is 0.829. The molecule has 0 saturated carbocycles. The molecular weight excluding hydrogens is 252 g/mol. The molecule has 1 aromatic rings. The largest absolute Gasteiger partial charge is 0.453 e. The fraction of sp³-hybridized carbons (Fsp3) is 0.417. The maximum absolute atomic E-state index is 11.7. The van der Waals surface area contributed by atoms with Gasteiger partial charge in [0.1, 0.15) is 11.1 Å². The maximum Gasteiger partial charge on any atom is 0.306 e. The van der Waals surface area contributed by atoms with E-state index in [-0.39, 0.29) is 0 Å². The van der Waals surface area contributed by atoms with Crippen LogP contribution in [0, 0.1) is 11.3 Å². The molecule has 5 nitrogen and oxygen atoms in total. The summed E-state index contributed by atoms with van der Waals surface area (Å²) in [5.74, 6) is -0.828. The molecule has 1 amide bonds. The van der Waals surface area contributed by atoms with Crippen LogP contribution in [0.3, 0.4) is 0 Å². The van der Waals surface area contributed by atoms with Gasteiger partial charge in [0.05, 0.1) is 5.56 Å². The van der Waals surface area contributed by atoms with E-state index in [4.69, 9.17) is 10.00 Å². The monoisotopic (exact) mass is 266 g/mol. The molecule has 18 heavy (non-hydrogen) atoms. The first-order chi connectivity index (χ1) is 8.58. The summed E-state index contributed by atoms with van der Waals surface area (Å²) in [6, 6.07) is 3.59. The second-order valence-electron chi connectivity index (χ2n) is 3.65. The zero-order valence-corrected chi connectivity index (χ0v) is 11.0.